The topological polar surface area (TPSA) is 56.7 Å². The lowest BCUT2D eigenvalue weighted by atomic mass is 10.2. The average Bonchev–Trinajstić information content (AvgIpc) is 2.59. The number of aromatic nitrogens is 3. The second-order valence-corrected chi connectivity index (χ2v) is 4.58. The van der Waals surface area contributed by atoms with Crippen LogP contribution in [0.3, 0.4) is 0 Å². The summed E-state index contributed by atoms with van der Waals surface area (Å²) >= 11 is 2.32. The zero-order chi connectivity index (χ0) is 11.5. The minimum atomic E-state index is 0.602. The van der Waals surface area contributed by atoms with Crippen LogP contribution in [0.4, 0.5) is 0 Å². The highest BCUT2D eigenvalue weighted by Gasteiger charge is 2.13. The van der Waals surface area contributed by atoms with E-state index in [1.54, 1.807) is 6.20 Å². The Morgan fingerprint density at radius 1 is 1.50 bits per heavy atom. The first kappa shape index (κ1) is 11.5. The third-order valence-electron chi connectivity index (χ3n) is 2.41. The summed E-state index contributed by atoms with van der Waals surface area (Å²) in [5.41, 5.74) is 8.74. The van der Waals surface area contributed by atoms with E-state index >= 15 is 0 Å². The van der Waals surface area contributed by atoms with Gasteiger partial charge >= 0.3 is 0 Å². The van der Waals surface area contributed by atoms with E-state index in [2.05, 4.69) is 39.6 Å². The van der Waals surface area contributed by atoms with Crippen molar-refractivity contribution in [1.82, 2.24) is 14.8 Å². The third kappa shape index (κ3) is 2.10. The highest BCUT2D eigenvalue weighted by molar-refractivity contribution is 14.1. The molecule has 0 bridgehead atoms. The Balaban J connectivity index is 2.46. The molecule has 0 aromatic carbocycles. The fraction of sp³-hybridized carbons (Fsp3) is 0.273. The predicted molar refractivity (Wildman–Crippen MR) is 72.0 cm³/mol. The Morgan fingerprint density at radius 3 is 2.94 bits per heavy atom. The lowest BCUT2D eigenvalue weighted by molar-refractivity contribution is 0.609. The van der Waals surface area contributed by atoms with E-state index in [4.69, 9.17) is 5.73 Å². The quantitative estimate of drug-likeness (QED) is 0.875. The molecule has 0 unspecified atom stereocenters. The molecule has 4 nitrogen and oxygen atoms in total. The maximum Gasteiger partial charge on any atom is 0.107 e. The normalized spacial score (nSPS) is 10.7. The first-order valence-corrected chi connectivity index (χ1v) is 6.15. The third-order valence-corrected chi connectivity index (χ3v) is 3.70. The van der Waals surface area contributed by atoms with E-state index in [0.29, 0.717) is 6.54 Å². The van der Waals surface area contributed by atoms with Crippen LogP contribution in [0.2, 0.25) is 0 Å². The zero-order valence-corrected chi connectivity index (χ0v) is 11.2. The summed E-state index contributed by atoms with van der Waals surface area (Å²) in [7, 11) is 0. The van der Waals surface area contributed by atoms with Gasteiger partial charge in [-0.1, -0.05) is 0 Å². The van der Waals surface area contributed by atoms with Crippen molar-refractivity contribution in [3.8, 4) is 11.3 Å². The van der Waals surface area contributed by atoms with Crippen LogP contribution in [0.1, 0.15) is 5.69 Å². The molecule has 2 rings (SSSR count). The average molecular weight is 328 g/mol. The summed E-state index contributed by atoms with van der Waals surface area (Å²) in [4.78, 5) is 4.11. The second-order valence-electron chi connectivity index (χ2n) is 3.50. The Bertz CT molecular complexity index is 478. The van der Waals surface area contributed by atoms with E-state index in [1.807, 2.05) is 23.0 Å². The van der Waals surface area contributed by atoms with Gasteiger partial charge in [-0.15, -0.1) is 0 Å². The van der Waals surface area contributed by atoms with Crippen molar-refractivity contribution in [3.63, 3.8) is 0 Å². The summed E-state index contributed by atoms with van der Waals surface area (Å²) in [5.74, 6) is 0. The van der Waals surface area contributed by atoms with Crippen molar-refractivity contribution >= 4 is 22.6 Å². The number of nitrogens with zero attached hydrogens (tertiary/aromatic N) is 3. The molecule has 0 aliphatic heterocycles. The summed E-state index contributed by atoms with van der Waals surface area (Å²) in [6, 6.07) is 3.94. The van der Waals surface area contributed by atoms with Crippen LogP contribution < -0.4 is 5.73 Å². The van der Waals surface area contributed by atoms with Gasteiger partial charge in [0.2, 0.25) is 0 Å². The standard InChI is InChI=1S/C11H13IN4/c1-8-10(12)11(15-16(8)6-4-13)9-3-2-5-14-7-9/h2-3,5,7H,4,6,13H2,1H3. The molecular weight excluding hydrogens is 315 g/mol. The van der Waals surface area contributed by atoms with Crippen molar-refractivity contribution in [3.05, 3.63) is 33.8 Å². The van der Waals surface area contributed by atoms with Gasteiger partial charge in [-0.2, -0.15) is 5.10 Å². The SMILES string of the molecule is Cc1c(I)c(-c2cccnc2)nn1CCN. The molecule has 2 aromatic rings. The van der Waals surface area contributed by atoms with E-state index in [-0.39, 0.29) is 0 Å². The zero-order valence-electron chi connectivity index (χ0n) is 9.02. The minimum Gasteiger partial charge on any atom is -0.329 e. The molecule has 84 valence electrons. The van der Waals surface area contributed by atoms with Crippen molar-refractivity contribution < 1.29 is 0 Å². The molecule has 16 heavy (non-hydrogen) atoms. The van der Waals surface area contributed by atoms with Gasteiger partial charge in [-0.05, 0) is 41.6 Å². The highest BCUT2D eigenvalue weighted by atomic mass is 127. The van der Waals surface area contributed by atoms with Gasteiger partial charge in [0.25, 0.3) is 0 Å². The molecule has 0 amide bonds. The Hall–Kier alpha value is -0.950. The Morgan fingerprint density at radius 2 is 2.31 bits per heavy atom. The maximum absolute atomic E-state index is 5.55. The molecule has 0 aliphatic rings. The molecule has 0 spiro atoms. The smallest absolute Gasteiger partial charge is 0.107 e. The maximum atomic E-state index is 5.55. The number of hydrogen-bond acceptors (Lipinski definition) is 3. The van der Waals surface area contributed by atoms with Gasteiger partial charge in [0.1, 0.15) is 5.69 Å². The summed E-state index contributed by atoms with van der Waals surface area (Å²) < 4.78 is 3.11. The molecule has 5 heteroatoms. The summed E-state index contributed by atoms with van der Waals surface area (Å²) in [6.07, 6.45) is 3.59. The van der Waals surface area contributed by atoms with Crippen LogP contribution >= 0.6 is 22.6 Å². The van der Waals surface area contributed by atoms with E-state index in [9.17, 15) is 0 Å². The Labute approximate surface area is 108 Å². The fourth-order valence-corrected chi connectivity index (χ4v) is 2.25. The predicted octanol–water partition coefficient (Wildman–Crippen LogP) is 1.82. The second kappa shape index (κ2) is 4.92. The number of nitrogens with two attached hydrogens (primary N) is 1. The van der Waals surface area contributed by atoms with Crippen molar-refractivity contribution in [2.75, 3.05) is 6.54 Å². The van der Waals surface area contributed by atoms with Crippen molar-refractivity contribution in [1.29, 1.82) is 0 Å². The molecular formula is C11H13IN4. The fourth-order valence-electron chi connectivity index (χ4n) is 1.55. The molecule has 2 aromatic heterocycles. The van der Waals surface area contributed by atoms with Gasteiger partial charge in [0, 0.05) is 30.2 Å². The van der Waals surface area contributed by atoms with Crippen LogP contribution in [0.25, 0.3) is 11.3 Å². The van der Waals surface area contributed by atoms with E-state index in [1.165, 1.54) is 3.57 Å². The number of pyridine rings is 1. The molecule has 0 atom stereocenters. The number of halogens is 1. The van der Waals surface area contributed by atoms with E-state index < -0.39 is 0 Å². The largest absolute Gasteiger partial charge is 0.329 e. The molecule has 0 saturated carbocycles. The molecule has 0 saturated heterocycles. The lowest BCUT2D eigenvalue weighted by Gasteiger charge is -1.99. The van der Waals surface area contributed by atoms with Gasteiger partial charge in [-0.3, -0.25) is 9.67 Å². The summed E-state index contributed by atoms with van der Waals surface area (Å²) in [6.45, 7) is 3.41. The molecule has 0 aliphatic carbocycles. The first-order chi connectivity index (χ1) is 7.74. The number of hydrogen-bond donors (Lipinski definition) is 1. The molecule has 2 N–H and O–H groups in total. The van der Waals surface area contributed by atoms with Crippen LogP contribution in [-0.4, -0.2) is 21.3 Å². The van der Waals surface area contributed by atoms with Gasteiger partial charge in [0.15, 0.2) is 0 Å². The van der Waals surface area contributed by atoms with Gasteiger partial charge < -0.3 is 5.73 Å². The molecule has 2 heterocycles. The summed E-state index contributed by atoms with van der Waals surface area (Å²) in [5, 5.41) is 4.56. The first-order valence-electron chi connectivity index (χ1n) is 5.07. The van der Waals surface area contributed by atoms with Crippen LogP contribution in [-0.2, 0) is 6.54 Å². The molecule has 0 radical (unpaired) electrons. The van der Waals surface area contributed by atoms with Crippen molar-refractivity contribution in [2.45, 2.75) is 13.5 Å². The van der Waals surface area contributed by atoms with Crippen LogP contribution in [0.15, 0.2) is 24.5 Å². The lowest BCUT2D eigenvalue weighted by Crippen LogP contribution is -2.12. The van der Waals surface area contributed by atoms with Crippen molar-refractivity contribution in [2.24, 2.45) is 5.73 Å². The van der Waals surface area contributed by atoms with Gasteiger partial charge in [-0.25, -0.2) is 0 Å². The number of rotatable bonds is 3. The van der Waals surface area contributed by atoms with Gasteiger partial charge in [0.05, 0.1) is 10.1 Å². The minimum absolute atomic E-state index is 0.602. The van der Waals surface area contributed by atoms with E-state index in [0.717, 1.165) is 23.5 Å². The monoisotopic (exact) mass is 328 g/mol. The Kier molecular flexibility index (Phi) is 3.55. The van der Waals surface area contributed by atoms with Crippen LogP contribution in [0.5, 0.6) is 0 Å². The van der Waals surface area contributed by atoms with Crippen LogP contribution in [0, 0.1) is 10.5 Å². The highest BCUT2D eigenvalue weighted by Crippen LogP contribution is 2.25. The molecule has 0 fully saturated rings.